The van der Waals surface area contributed by atoms with Crippen LogP contribution in [0.15, 0.2) is 0 Å². The fourth-order valence-electron chi connectivity index (χ4n) is 4.44. The van der Waals surface area contributed by atoms with Crippen molar-refractivity contribution in [3.63, 3.8) is 0 Å². The second-order valence-electron chi connectivity index (χ2n) is 6.83. The van der Waals surface area contributed by atoms with Crippen molar-refractivity contribution in [1.82, 2.24) is 4.90 Å². The summed E-state index contributed by atoms with van der Waals surface area (Å²) in [5, 5.41) is 0. The summed E-state index contributed by atoms with van der Waals surface area (Å²) in [7, 11) is 0. The SMILES string of the molecule is CCCCC(C)C1C2CN(C(CC)CCC)CC21. The van der Waals surface area contributed by atoms with Gasteiger partial charge in [-0.15, -0.1) is 0 Å². The van der Waals surface area contributed by atoms with Crippen LogP contribution in [0.4, 0.5) is 0 Å². The van der Waals surface area contributed by atoms with Gasteiger partial charge in [0.05, 0.1) is 0 Å². The molecule has 2 fully saturated rings. The molecule has 0 bridgehead atoms. The van der Waals surface area contributed by atoms with Crippen LogP contribution in [0.2, 0.25) is 0 Å². The molecule has 0 N–H and O–H groups in total. The average molecular weight is 251 g/mol. The van der Waals surface area contributed by atoms with Crippen molar-refractivity contribution >= 4 is 0 Å². The summed E-state index contributed by atoms with van der Waals surface area (Å²) >= 11 is 0. The van der Waals surface area contributed by atoms with E-state index in [1.54, 1.807) is 0 Å². The third-order valence-corrected chi connectivity index (χ3v) is 5.57. The maximum atomic E-state index is 2.81. The van der Waals surface area contributed by atoms with Gasteiger partial charge in [0.1, 0.15) is 0 Å². The molecule has 2 rings (SSSR count). The molecule has 0 aromatic rings. The summed E-state index contributed by atoms with van der Waals surface area (Å²) in [6, 6.07) is 0.884. The predicted octanol–water partition coefficient (Wildman–Crippen LogP) is 4.57. The van der Waals surface area contributed by atoms with Crippen molar-refractivity contribution in [2.75, 3.05) is 13.1 Å². The van der Waals surface area contributed by atoms with E-state index in [-0.39, 0.29) is 0 Å². The Morgan fingerprint density at radius 3 is 2.17 bits per heavy atom. The monoisotopic (exact) mass is 251 g/mol. The Morgan fingerprint density at radius 1 is 1.00 bits per heavy atom. The summed E-state index contributed by atoms with van der Waals surface area (Å²) in [4.78, 5) is 2.81. The highest BCUT2D eigenvalue weighted by Gasteiger charge is 2.57. The number of piperidine rings is 1. The predicted molar refractivity (Wildman–Crippen MR) is 79.7 cm³/mol. The zero-order chi connectivity index (χ0) is 13.1. The maximum Gasteiger partial charge on any atom is 0.00927 e. The van der Waals surface area contributed by atoms with Crippen LogP contribution in [0.1, 0.15) is 66.2 Å². The lowest BCUT2D eigenvalue weighted by atomic mass is 9.95. The van der Waals surface area contributed by atoms with E-state index in [1.807, 2.05) is 0 Å². The summed E-state index contributed by atoms with van der Waals surface area (Å²) in [6.45, 7) is 12.4. The number of likely N-dealkylation sites (tertiary alicyclic amines) is 1. The Morgan fingerprint density at radius 2 is 1.67 bits per heavy atom. The van der Waals surface area contributed by atoms with Crippen molar-refractivity contribution in [3.8, 4) is 0 Å². The minimum Gasteiger partial charge on any atom is -0.300 e. The Kier molecular flexibility index (Phi) is 5.12. The lowest BCUT2D eigenvalue weighted by molar-refractivity contribution is 0.180. The third kappa shape index (κ3) is 2.92. The first-order chi connectivity index (χ1) is 8.72. The fraction of sp³-hybridized carbons (Fsp3) is 1.00. The molecule has 1 aliphatic heterocycles. The number of nitrogens with zero attached hydrogens (tertiary/aromatic N) is 1. The van der Waals surface area contributed by atoms with Gasteiger partial charge in [-0.3, -0.25) is 4.90 Å². The summed E-state index contributed by atoms with van der Waals surface area (Å²) in [5.74, 6) is 4.23. The van der Waals surface area contributed by atoms with Crippen LogP contribution in [0.5, 0.6) is 0 Å². The third-order valence-electron chi connectivity index (χ3n) is 5.57. The molecule has 4 atom stereocenters. The van der Waals surface area contributed by atoms with Crippen LogP contribution in [-0.2, 0) is 0 Å². The number of hydrogen-bond donors (Lipinski definition) is 0. The van der Waals surface area contributed by atoms with Gasteiger partial charge in [0, 0.05) is 19.1 Å². The van der Waals surface area contributed by atoms with E-state index >= 15 is 0 Å². The molecule has 0 spiro atoms. The summed E-state index contributed by atoms with van der Waals surface area (Å²) < 4.78 is 0. The molecule has 1 saturated heterocycles. The maximum absolute atomic E-state index is 2.81. The smallest absolute Gasteiger partial charge is 0.00927 e. The van der Waals surface area contributed by atoms with Crippen molar-refractivity contribution < 1.29 is 0 Å². The normalized spacial score (nSPS) is 34.3. The standard InChI is InChI=1S/C17H33N/c1-5-8-10-13(4)17-15-11-18(12-16(15)17)14(7-3)9-6-2/h13-17H,5-12H2,1-4H3. The second-order valence-corrected chi connectivity index (χ2v) is 6.83. The van der Waals surface area contributed by atoms with Gasteiger partial charge >= 0.3 is 0 Å². The molecule has 1 nitrogen and oxygen atoms in total. The highest BCUT2D eigenvalue weighted by atomic mass is 15.2. The first kappa shape index (κ1) is 14.4. The van der Waals surface area contributed by atoms with Crippen molar-refractivity contribution in [1.29, 1.82) is 0 Å². The van der Waals surface area contributed by atoms with Gasteiger partial charge < -0.3 is 0 Å². The molecule has 2 aliphatic rings. The lowest BCUT2D eigenvalue weighted by Crippen LogP contribution is -2.35. The van der Waals surface area contributed by atoms with Gasteiger partial charge in [-0.2, -0.15) is 0 Å². The van der Waals surface area contributed by atoms with Crippen LogP contribution in [-0.4, -0.2) is 24.0 Å². The van der Waals surface area contributed by atoms with E-state index in [1.165, 1.54) is 51.6 Å². The van der Waals surface area contributed by atoms with Gasteiger partial charge in [0.2, 0.25) is 0 Å². The first-order valence-corrected chi connectivity index (χ1v) is 8.46. The van der Waals surface area contributed by atoms with Crippen molar-refractivity contribution in [2.24, 2.45) is 23.7 Å². The zero-order valence-corrected chi connectivity index (χ0v) is 13.0. The molecule has 4 unspecified atom stereocenters. The van der Waals surface area contributed by atoms with E-state index in [0.717, 1.165) is 29.7 Å². The molecule has 0 aromatic heterocycles. The lowest BCUT2D eigenvalue weighted by Gasteiger charge is -2.29. The molecule has 1 heteroatoms. The first-order valence-electron chi connectivity index (χ1n) is 8.46. The van der Waals surface area contributed by atoms with Gasteiger partial charge in [-0.25, -0.2) is 0 Å². The Hall–Kier alpha value is -0.0400. The van der Waals surface area contributed by atoms with Gasteiger partial charge in [-0.05, 0) is 36.5 Å². The minimum atomic E-state index is 0.884. The fourth-order valence-corrected chi connectivity index (χ4v) is 4.44. The molecule has 1 aliphatic carbocycles. The van der Waals surface area contributed by atoms with Gasteiger partial charge in [0.15, 0.2) is 0 Å². The largest absolute Gasteiger partial charge is 0.300 e. The van der Waals surface area contributed by atoms with Crippen molar-refractivity contribution in [3.05, 3.63) is 0 Å². The van der Waals surface area contributed by atoms with Crippen LogP contribution in [0.3, 0.4) is 0 Å². The van der Waals surface area contributed by atoms with Gasteiger partial charge in [-0.1, -0.05) is 53.4 Å². The quantitative estimate of drug-likeness (QED) is 0.611. The van der Waals surface area contributed by atoms with E-state index < -0.39 is 0 Å². The Bertz CT molecular complexity index is 238. The Balaban J connectivity index is 1.74. The second kappa shape index (κ2) is 6.41. The molecule has 18 heavy (non-hydrogen) atoms. The van der Waals surface area contributed by atoms with E-state index in [0.29, 0.717) is 0 Å². The molecule has 0 amide bonds. The molecule has 0 radical (unpaired) electrons. The number of hydrogen-bond acceptors (Lipinski definition) is 1. The highest BCUT2D eigenvalue weighted by Crippen LogP contribution is 2.57. The molecule has 106 valence electrons. The number of unbranched alkanes of at least 4 members (excludes halogenated alkanes) is 1. The van der Waals surface area contributed by atoms with Crippen LogP contribution in [0, 0.1) is 23.7 Å². The number of fused-ring (bicyclic) bond motifs is 1. The van der Waals surface area contributed by atoms with E-state index in [9.17, 15) is 0 Å². The summed E-state index contributed by atoms with van der Waals surface area (Å²) in [6.07, 6.45) is 8.39. The zero-order valence-electron chi connectivity index (χ0n) is 13.0. The molecule has 1 saturated carbocycles. The van der Waals surface area contributed by atoms with E-state index in [2.05, 4.69) is 32.6 Å². The average Bonchev–Trinajstić information content (AvgIpc) is 2.88. The van der Waals surface area contributed by atoms with Crippen LogP contribution < -0.4 is 0 Å². The topological polar surface area (TPSA) is 3.24 Å². The van der Waals surface area contributed by atoms with Crippen molar-refractivity contribution in [2.45, 2.75) is 72.3 Å². The Labute approximate surface area is 114 Å². The van der Waals surface area contributed by atoms with Crippen LogP contribution >= 0.6 is 0 Å². The minimum absolute atomic E-state index is 0.884. The molecule has 1 heterocycles. The van der Waals surface area contributed by atoms with Gasteiger partial charge in [0.25, 0.3) is 0 Å². The molecular formula is C17H33N. The van der Waals surface area contributed by atoms with E-state index in [4.69, 9.17) is 0 Å². The molecule has 0 aromatic carbocycles. The molecular weight excluding hydrogens is 218 g/mol. The van der Waals surface area contributed by atoms with Crippen LogP contribution in [0.25, 0.3) is 0 Å². The highest BCUT2D eigenvalue weighted by molar-refractivity contribution is 5.07. The summed E-state index contributed by atoms with van der Waals surface area (Å²) in [5.41, 5.74) is 0. The number of rotatable bonds is 8.